The highest BCUT2D eigenvalue weighted by Crippen LogP contribution is 2.16. The number of benzene rings is 3. The van der Waals surface area contributed by atoms with Gasteiger partial charge in [-0.15, -0.1) is 0 Å². The first-order chi connectivity index (χ1) is 16.5. The molecule has 8 heteroatoms. The molecule has 2 amide bonds. The van der Waals surface area contributed by atoms with Crippen molar-refractivity contribution in [1.29, 1.82) is 0 Å². The highest BCUT2D eigenvalue weighted by molar-refractivity contribution is 6.30. The van der Waals surface area contributed by atoms with Crippen LogP contribution in [0.25, 0.3) is 0 Å². The van der Waals surface area contributed by atoms with Crippen LogP contribution < -0.4 is 20.2 Å². The Kier molecular flexibility index (Phi) is 9.49. The Balaban J connectivity index is 1.42. The average Bonchev–Trinajstić information content (AvgIpc) is 2.86. The zero-order valence-corrected chi connectivity index (χ0v) is 19.5. The van der Waals surface area contributed by atoms with Gasteiger partial charge in [0.2, 0.25) is 0 Å². The van der Waals surface area contributed by atoms with E-state index in [0.29, 0.717) is 35.3 Å². The molecular formula is C26H26ClN3O4. The number of carbonyl (C=O) groups is 2. The second kappa shape index (κ2) is 13.0. The minimum absolute atomic E-state index is 0.200. The molecule has 0 heterocycles. The molecule has 3 rings (SSSR count). The molecule has 0 aliphatic rings. The summed E-state index contributed by atoms with van der Waals surface area (Å²) in [5, 5.41) is 7.18. The highest BCUT2D eigenvalue weighted by Gasteiger charge is 2.08. The summed E-state index contributed by atoms with van der Waals surface area (Å²) in [6.07, 6.45) is 2.41. The predicted molar refractivity (Wildman–Crippen MR) is 133 cm³/mol. The molecule has 0 saturated carbocycles. The fraction of sp³-hybridized carbons (Fsp3) is 0.192. The first-order valence-corrected chi connectivity index (χ1v) is 11.2. The summed E-state index contributed by atoms with van der Waals surface area (Å²) in [6, 6.07) is 21.5. The smallest absolute Gasteiger partial charge is 0.259 e. The van der Waals surface area contributed by atoms with Crippen molar-refractivity contribution in [3.8, 4) is 11.5 Å². The molecule has 7 nitrogen and oxygen atoms in total. The van der Waals surface area contributed by atoms with Gasteiger partial charge >= 0.3 is 0 Å². The third-order valence-corrected chi connectivity index (χ3v) is 4.83. The normalized spacial score (nSPS) is 10.6. The number of hydrazone groups is 1. The van der Waals surface area contributed by atoms with Crippen molar-refractivity contribution in [2.45, 2.75) is 20.0 Å². The Morgan fingerprint density at radius 3 is 2.47 bits per heavy atom. The van der Waals surface area contributed by atoms with Crippen LogP contribution in [0.1, 0.15) is 34.8 Å². The van der Waals surface area contributed by atoms with E-state index in [-0.39, 0.29) is 12.5 Å². The molecule has 3 aromatic rings. The SMILES string of the molecule is CCCOc1ccc(C(=O)NCC(=O)N/N=C\c2cccc(OCc3ccc(Cl)cc3)c2)cc1. The van der Waals surface area contributed by atoms with Gasteiger partial charge in [0.1, 0.15) is 18.1 Å². The molecule has 34 heavy (non-hydrogen) atoms. The number of amides is 2. The van der Waals surface area contributed by atoms with Crippen molar-refractivity contribution < 1.29 is 19.1 Å². The van der Waals surface area contributed by atoms with Gasteiger partial charge in [-0.2, -0.15) is 5.10 Å². The van der Waals surface area contributed by atoms with Gasteiger partial charge in [-0.3, -0.25) is 9.59 Å². The van der Waals surface area contributed by atoms with Crippen molar-refractivity contribution in [2.24, 2.45) is 5.10 Å². The van der Waals surface area contributed by atoms with Crippen molar-refractivity contribution in [3.05, 3.63) is 94.5 Å². The van der Waals surface area contributed by atoms with Crippen molar-refractivity contribution in [1.82, 2.24) is 10.7 Å². The third-order valence-electron chi connectivity index (χ3n) is 4.58. The van der Waals surface area contributed by atoms with E-state index in [1.807, 2.05) is 49.4 Å². The minimum atomic E-state index is -0.442. The third kappa shape index (κ3) is 8.26. The molecule has 0 bridgehead atoms. The standard InChI is InChI=1S/C26H26ClN3O4/c1-2-14-33-23-12-8-21(9-13-23)26(32)28-17-25(31)30-29-16-20-4-3-5-24(15-20)34-18-19-6-10-22(27)11-7-19/h3-13,15-16H,2,14,17-18H2,1H3,(H,28,32)(H,30,31)/b29-16-. The van der Waals surface area contributed by atoms with Crippen LogP contribution in [0.5, 0.6) is 11.5 Å². The fourth-order valence-corrected chi connectivity index (χ4v) is 2.96. The lowest BCUT2D eigenvalue weighted by molar-refractivity contribution is -0.120. The summed E-state index contributed by atoms with van der Waals surface area (Å²) in [7, 11) is 0. The van der Waals surface area contributed by atoms with Gasteiger partial charge in [-0.1, -0.05) is 42.8 Å². The second-order valence-corrected chi connectivity index (χ2v) is 7.77. The molecule has 0 unspecified atom stereocenters. The fourth-order valence-electron chi connectivity index (χ4n) is 2.84. The second-order valence-electron chi connectivity index (χ2n) is 7.34. The Morgan fingerprint density at radius 2 is 1.74 bits per heavy atom. The van der Waals surface area contributed by atoms with Gasteiger partial charge in [-0.25, -0.2) is 5.43 Å². The summed E-state index contributed by atoms with van der Waals surface area (Å²) in [6.45, 7) is 2.84. The molecule has 176 valence electrons. The van der Waals surface area contributed by atoms with E-state index >= 15 is 0 Å². The number of hydrogen-bond donors (Lipinski definition) is 2. The van der Waals surface area contributed by atoms with Crippen molar-refractivity contribution in [3.63, 3.8) is 0 Å². The summed E-state index contributed by atoms with van der Waals surface area (Å²) in [5.41, 5.74) is 4.59. The molecule has 0 aromatic heterocycles. The Bertz CT molecular complexity index is 1120. The Morgan fingerprint density at radius 1 is 0.971 bits per heavy atom. The van der Waals surface area contributed by atoms with Crippen LogP contribution in [0.2, 0.25) is 5.02 Å². The van der Waals surface area contributed by atoms with Crippen LogP contribution in [0, 0.1) is 0 Å². The van der Waals surface area contributed by atoms with Crippen LogP contribution >= 0.6 is 11.6 Å². The van der Waals surface area contributed by atoms with Gasteiger partial charge < -0.3 is 14.8 Å². The van der Waals surface area contributed by atoms with Crippen LogP contribution in [-0.4, -0.2) is 31.2 Å². The lowest BCUT2D eigenvalue weighted by atomic mass is 10.2. The summed E-state index contributed by atoms with van der Waals surface area (Å²) in [4.78, 5) is 24.2. The van der Waals surface area contributed by atoms with Crippen LogP contribution in [0.15, 0.2) is 77.9 Å². The van der Waals surface area contributed by atoms with Gasteiger partial charge in [0.15, 0.2) is 0 Å². The highest BCUT2D eigenvalue weighted by atomic mass is 35.5. The maximum atomic E-state index is 12.2. The van der Waals surface area contributed by atoms with E-state index in [1.165, 1.54) is 6.21 Å². The van der Waals surface area contributed by atoms with Crippen LogP contribution in [0.4, 0.5) is 0 Å². The molecule has 0 aliphatic heterocycles. The zero-order chi connectivity index (χ0) is 24.2. The summed E-state index contributed by atoms with van der Waals surface area (Å²) >= 11 is 5.89. The van der Waals surface area contributed by atoms with Gasteiger partial charge in [0.25, 0.3) is 11.8 Å². The lowest BCUT2D eigenvalue weighted by Crippen LogP contribution is -2.34. The Hall–Kier alpha value is -3.84. The van der Waals surface area contributed by atoms with Crippen LogP contribution in [0.3, 0.4) is 0 Å². The summed E-state index contributed by atoms with van der Waals surface area (Å²) in [5.74, 6) is 0.572. The molecular weight excluding hydrogens is 454 g/mol. The quantitative estimate of drug-likeness (QED) is 0.311. The summed E-state index contributed by atoms with van der Waals surface area (Å²) < 4.78 is 11.3. The number of ether oxygens (including phenoxy) is 2. The van der Waals surface area contributed by atoms with E-state index in [9.17, 15) is 9.59 Å². The van der Waals surface area contributed by atoms with E-state index in [4.69, 9.17) is 21.1 Å². The number of rotatable bonds is 11. The molecule has 0 radical (unpaired) electrons. The van der Waals surface area contributed by atoms with Crippen LogP contribution in [-0.2, 0) is 11.4 Å². The molecule has 0 spiro atoms. The predicted octanol–water partition coefficient (Wildman–Crippen LogP) is 4.59. The zero-order valence-electron chi connectivity index (χ0n) is 18.8. The van der Waals surface area contributed by atoms with Gasteiger partial charge in [-0.05, 0) is 66.1 Å². The number of halogens is 1. The number of carbonyl (C=O) groups excluding carboxylic acids is 2. The Labute approximate surface area is 203 Å². The van der Waals surface area contributed by atoms with Gasteiger partial charge in [0, 0.05) is 10.6 Å². The number of nitrogens with one attached hydrogen (secondary N) is 2. The number of hydrogen-bond acceptors (Lipinski definition) is 5. The lowest BCUT2D eigenvalue weighted by Gasteiger charge is -2.07. The molecule has 0 aliphatic carbocycles. The van der Waals surface area contributed by atoms with E-state index in [0.717, 1.165) is 17.5 Å². The van der Waals surface area contributed by atoms with Gasteiger partial charge in [0.05, 0.1) is 19.4 Å². The molecule has 0 fully saturated rings. The average molecular weight is 480 g/mol. The first kappa shape index (κ1) is 24.8. The molecule has 3 aromatic carbocycles. The molecule has 2 N–H and O–H groups in total. The first-order valence-electron chi connectivity index (χ1n) is 10.8. The molecule has 0 saturated heterocycles. The number of nitrogens with zero attached hydrogens (tertiary/aromatic N) is 1. The largest absolute Gasteiger partial charge is 0.494 e. The van der Waals surface area contributed by atoms with E-state index < -0.39 is 5.91 Å². The van der Waals surface area contributed by atoms with Crippen molar-refractivity contribution in [2.75, 3.05) is 13.2 Å². The van der Waals surface area contributed by atoms with Crippen molar-refractivity contribution >= 4 is 29.6 Å². The molecule has 0 atom stereocenters. The maximum absolute atomic E-state index is 12.2. The monoisotopic (exact) mass is 479 g/mol. The van der Waals surface area contributed by atoms with E-state index in [1.54, 1.807) is 30.3 Å². The topological polar surface area (TPSA) is 89.0 Å². The minimum Gasteiger partial charge on any atom is -0.494 e. The maximum Gasteiger partial charge on any atom is 0.259 e. The van der Waals surface area contributed by atoms with E-state index in [2.05, 4.69) is 15.8 Å².